The fourth-order valence-electron chi connectivity index (χ4n) is 2.19. The van der Waals surface area contributed by atoms with Crippen LogP contribution in [0, 0.1) is 5.82 Å². The number of halogens is 1. The highest BCUT2D eigenvalue weighted by molar-refractivity contribution is 6.06. The molecule has 1 aromatic carbocycles. The lowest BCUT2D eigenvalue weighted by molar-refractivity contribution is 0.0959. The smallest absolute Gasteiger partial charge is 0.254 e. The first-order chi connectivity index (χ1) is 9.11. The number of nitrogens with zero attached hydrogens (tertiary/aromatic N) is 3. The molecule has 6 heteroatoms. The number of nitrogens with one attached hydrogen (secondary N) is 1. The quantitative estimate of drug-likeness (QED) is 0.721. The molecule has 0 unspecified atom stereocenters. The van der Waals surface area contributed by atoms with Gasteiger partial charge in [0.2, 0.25) is 0 Å². The van der Waals surface area contributed by atoms with Crippen molar-refractivity contribution in [1.82, 2.24) is 20.1 Å². The SMILES string of the molecule is CNC(=O)c1cc2c(cc1F)ncc1cnn(C)c12. The number of aryl methyl sites for hydroxylation is 1. The van der Waals surface area contributed by atoms with E-state index in [2.05, 4.69) is 15.4 Å². The van der Waals surface area contributed by atoms with Crippen LogP contribution in [0.4, 0.5) is 4.39 Å². The molecule has 3 aromatic rings. The molecular weight excluding hydrogens is 247 g/mol. The van der Waals surface area contributed by atoms with Crippen LogP contribution in [0.5, 0.6) is 0 Å². The van der Waals surface area contributed by atoms with Crippen molar-refractivity contribution in [2.24, 2.45) is 7.05 Å². The van der Waals surface area contributed by atoms with Gasteiger partial charge in [-0.1, -0.05) is 0 Å². The zero-order chi connectivity index (χ0) is 13.6. The van der Waals surface area contributed by atoms with Gasteiger partial charge in [-0.05, 0) is 6.07 Å². The topological polar surface area (TPSA) is 59.8 Å². The van der Waals surface area contributed by atoms with E-state index in [4.69, 9.17) is 0 Å². The van der Waals surface area contributed by atoms with Crippen LogP contribution in [0.3, 0.4) is 0 Å². The maximum Gasteiger partial charge on any atom is 0.254 e. The molecule has 5 nitrogen and oxygen atoms in total. The van der Waals surface area contributed by atoms with Gasteiger partial charge in [0.15, 0.2) is 0 Å². The van der Waals surface area contributed by atoms with Gasteiger partial charge in [-0.15, -0.1) is 0 Å². The molecule has 0 radical (unpaired) electrons. The normalized spacial score (nSPS) is 11.1. The molecular formula is C13H11FN4O. The Bertz CT molecular complexity index is 809. The van der Waals surface area contributed by atoms with Crippen LogP contribution in [0.25, 0.3) is 21.8 Å². The summed E-state index contributed by atoms with van der Waals surface area (Å²) in [6, 6.07) is 2.78. The maximum absolute atomic E-state index is 13.9. The summed E-state index contributed by atoms with van der Waals surface area (Å²) in [4.78, 5) is 15.8. The van der Waals surface area contributed by atoms with Crippen molar-refractivity contribution in [3.8, 4) is 0 Å². The first-order valence-electron chi connectivity index (χ1n) is 5.74. The molecule has 0 spiro atoms. The molecule has 1 amide bonds. The van der Waals surface area contributed by atoms with Crippen molar-refractivity contribution in [3.63, 3.8) is 0 Å². The van der Waals surface area contributed by atoms with Crippen LogP contribution in [0.15, 0.2) is 24.5 Å². The first-order valence-corrected chi connectivity index (χ1v) is 5.74. The van der Waals surface area contributed by atoms with Crippen molar-refractivity contribution in [3.05, 3.63) is 35.9 Å². The third-order valence-electron chi connectivity index (χ3n) is 3.12. The molecule has 19 heavy (non-hydrogen) atoms. The van der Waals surface area contributed by atoms with Gasteiger partial charge in [0.25, 0.3) is 5.91 Å². The van der Waals surface area contributed by atoms with Crippen molar-refractivity contribution >= 4 is 27.7 Å². The van der Waals surface area contributed by atoms with E-state index < -0.39 is 11.7 Å². The number of rotatable bonds is 1. The number of hydrogen-bond acceptors (Lipinski definition) is 3. The van der Waals surface area contributed by atoms with Gasteiger partial charge in [-0.2, -0.15) is 5.10 Å². The van der Waals surface area contributed by atoms with Gasteiger partial charge in [0.05, 0.1) is 22.8 Å². The number of pyridine rings is 1. The third kappa shape index (κ3) is 1.64. The molecule has 0 fully saturated rings. The summed E-state index contributed by atoms with van der Waals surface area (Å²) in [5.41, 5.74) is 1.34. The molecule has 0 bridgehead atoms. The van der Waals surface area contributed by atoms with E-state index in [0.717, 1.165) is 10.9 Å². The Morgan fingerprint density at radius 1 is 1.37 bits per heavy atom. The molecule has 2 aromatic heterocycles. The lowest BCUT2D eigenvalue weighted by Gasteiger charge is -2.06. The van der Waals surface area contributed by atoms with Gasteiger partial charge >= 0.3 is 0 Å². The minimum Gasteiger partial charge on any atom is -0.355 e. The van der Waals surface area contributed by atoms with E-state index in [-0.39, 0.29) is 5.56 Å². The Balaban J connectivity index is 2.44. The van der Waals surface area contributed by atoms with E-state index in [1.54, 1.807) is 24.1 Å². The number of aromatic nitrogens is 3. The Morgan fingerprint density at radius 3 is 2.89 bits per heavy atom. The number of amides is 1. The zero-order valence-corrected chi connectivity index (χ0v) is 10.4. The Hall–Kier alpha value is -2.50. The van der Waals surface area contributed by atoms with Crippen LogP contribution in [0.2, 0.25) is 0 Å². The van der Waals surface area contributed by atoms with Crippen LogP contribution in [-0.4, -0.2) is 27.7 Å². The summed E-state index contributed by atoms with van der Waals surface area (Å²) in [5, 5.41) is 8.12. The molecule has 0 atom stereocenters. The van der Waals surface area contributed by atoms with Crippen LogP contribution < -0.4 is 5.32 Å². The van der Waals surface area contributed by atoms with Crippen molar-refractivity contribution in [2.45, 2.75) is 0 Å². The molecule has 0 saturated carbocycles. The highest BCUT2D eigenvalue weighted by Gasteiger charge is 2.15. The number of carbonyl (C=O) groups excluding carboxylic acids is 1. The Labute approximate surface area is 108 Å². The van der Waals surface area contributed by atoms with Gasteiger partial charge in [0, 0.05) is 37.1 Å². The summed E-state index contributed by atoms with van der Waals surface area (Å²) in [7, 11) is 3.26. The highest BCUT2D eigenvalue weighted by atomic mass is 19.1. The van der Waals surface area contributed by atoms with E-state index in [1.165, 1.54) is 19.2 Å². The summed E-state index contributed by atoms with van der Waals surface area (Å²) in [6.07, 6.45) is 3.33. The molecule has 0 aliphatic carbocycles. The van der Waals surface area contributed by atoms with Gasteiger partial charge in [-0.25, -0.2) is 4.39 Å². The van der Waals surface area contributed by atoms with Crippen molar-refractivity contribution < 1.29 is 9.18 Å². The monoisotopic (exact) mass is 258 g/mol. The fraction of sp³-hybridized carbons (Fsp3) is 0.154. The average molecular weight is 258 g/mol. The van der Waals surface area contributed by atoms with Gasteiger partial charge in [-0.3, -0.25) is 14.5 Å². The van der Waals surface area contributed by atoms with E-state index >= 15 is 0 Å². The number of carbonyl (C=O) groups is 1. The number of hydrogen-bond donors (Lipinski definition) is 1. The molecule has 96 valence electrons. The number of benzene rings is 1. The zero-order valence-electron chi connectivity index (χ0n) is 10.4. The molecule has 0 aliphatic heterocycles. The Kier molecular flexibility index (Phi) is 2.45. The van der Waals surface area contributed by atoms with E-state index in [9.17, 15) is 9.18 Å². The second-order valence-electron chi connectivity index (χ2n) is 4.26. The average Bonchev–Trinajstić information content (AvgIpc) is 2.79. The van der Waals surface area contributed by atoms with Gasteiger partial charge < -0.3 is 5.32 Å². The molecule has 0 saturated heterocycles. The second kappa shape index (κ2) is 4.01. The molecule has 2 heterocycles. The summed E-state index contributed by atoms with van der Waals surface area (Å²) < 4.78 is 15.5. The predicted molar refractivity (Wildman–Crippen MR) is 69.4 cm³/mol. The van der Waals surface area contributed by atoms with E-state index in [1.807, 2.05) is 0 Å². The largest absolute Gasteiger partial charge is 0.355 e. The standard InChI is InChI=1S/C13H11FN4O/c1-15-13(19)8-3-9-11(4-10(8)14)16-5-7-6-17-18(2)12(7)9/h3-6H,1-2H3,(H,15,19). The van der Waals surface area contributed by atoms with Gasteiger partial charge in [0.1, 0.15) is 5.82 Å². The minimum atomic E-state index is -0.583. The van der Waals surface area contributed by atoms with Crippen LogP contribution in [-0.2, 0) is 7.05 Å². The summed E-state index contributed by atoms with van der Waals surface area (Å²) >= 11 is 0. The molecule has 1 N–H and O–H groups in total. The third-order valence-corrected chi connectivity index (χ3v) is 3.12. The van der Waals surface area contributed by atoms with Crippen LogP contribution in [0.1, 0.15) is 10.4 Å². The lowest BCUT2D eigenvalue weighted by Crippen LogP contribution is -2.19. The summed E-state index contributed by atoms with van der Waals surface area (Å²) in [5.74, 6) is -1.04. The fourth-order valence-corrected chi connectivity index (χ4v) is 2.19. The lowest BCUT2D eigenvalue weighted by atomic mass is 10.1. The minimum absolute atomic E-state index is 0.00509. The number of fused-ring (bicyclic) bond motifs is 3. The van der Waals surface area contributed by atoms with E-state index in [0.29, 0.717) is 10.9 Å². The predicted octanol–water partition coefficient (Wildman–Crippen LogP) is 1.62. The van der Waals surface area contributed by atoms with Crippen LogP contribution >= 0.6 is 0 Å². The Morgan fingerprint density at radius 2 is 2.16 bits per heavy atom. The molecule has 0 aliphatic rings. The summed E-state index contributed by atoms with van der Waals surface area (Å²) in [6.45, 7) is 0. The first kappa shape index (κ1) is 11.6. The maximum atomic E-state index is 13.9. The van der Waals surface area contributed by atoms with Crippen molar-refractivity contribution in [1.29, 1.82) is 0 Å². The second-order valence-corrected chi connectivity index (χ2v) is 4.26. The highest BCUT2D eigenvalue weighted by Crippen LogP contribution is 2.25. The molecule has 3 rings (SSSR count). The van der Waals surface area contributed by atoms with Crippen molar-refractivity contribution in [2.75, 3.05) is 7.05 Å².